The monoisotopic (exact) mass is 347 g/mol. The quantitative estimate of drug-likeness (QED) is 0.806. The summed E-state index contributed by atoms with van der Waals surface area (Å²) in [5, 5.41) is 11.1. The third-order valence-corrected chi connectivity index (χ3v) is 6.25. The van der Waals surface area contributed by atoms with Crippen LogP contribution < -0.4 is 0 Å². The Hall–Kier alpha value is -0.930. The van der Waals surface area contributed by atoms with Crippen molar-refractivity contribution >= 4 is 0 Å². The second kappa shape index (κ2) is 7.75. The predicted octanol–water partition coefficient (Wildman–Crippen LogP) is 4.70. The van der Waals surface area contributed by atoms with Gasteiger partial charge in [-0.2, -0.15) is 0 Å². The summed E-state index contributed by atoms with van der Waals surface area (Å²) < 4.78 is 13.9. The second-order valence-corrected chi connectivity index (χ2v) is 8.67. The molecule has 0 unspecified atom stereocenters. The van der Waals surface area contributed by atoms with E-state index in [1.807, 2.05) is 0 Å². The number of piperidine rings is 1. The molecule has 0 aliphatic carbocycles. The van der Waals surface area contributed by atoms with Gasteiger partial charge in [0.1, 0.15) is 6.67 Å². The summed E-state index contributed by atoms with van der Waals surface area (Å²) in [5.41, 5.74) is 2.95. The fourth-order valence-electron chi connectivity index (χ4n) is 4.77. The zero-order valence-corrected chi connectivity index (χ0v) is 16.1. The van der Waals surface area contributed by atoms with Gasteiger partial charge < -0.3 is 5.11 Å². The fraction of sp³-hybridized carbons (Fsp3) is 0.727. The zero-order valence-electron chi connectivity index (χ0n) is 16.1. The highest BCUT2D eigenvalue weighted by Crippen LogP contribution is 2.45. The van der Waals surface area contributed by atoms with Gasteiger partial charge in [0.15, 0.2) is 0 Å². The molecule has 0 saturated carbocycles. The molecule has 3 atom stereocenters. The Morgan fingerprint density at radius 3 is 2.84 bits per heavy atom. The van der Waals surface area contributed by atoms with Crippen molar-refractivity contribution in [2.45, 2.75) is 70.9 Å². The number of benzene rings is 1. The summed E-state index contributed by atoms with van der Waals surface area (Å²) in [5.74, 6) is 0.524. The van der Waals surface area contributed by atoms with Crippen LogP contribution in [0, 0.1) is 11.8 Å². The number of hydrogen-bond donors (Lipinski definition) is 1. The van der Waals surface area contributed by atoms with E-state index in [4.69, 9.17) is 0 Å². The molecule has 0 radical (unpaired) electrons. The Kier molecular flexibility index (Phi) is 5.85. The van der Waals surface area contributed by atoms with Crippen LogP contribution in [-0.4, -0.2) is 35.4 Å². The van der Waals surface area contributed by atoms with Crippen molar-refractivity contribution < 1.29 is 9.50 Å². The van der Waals surface area contributed by atoms with Gasteiger partial charge in [0.05, 0.1) is 5.60 Å². The summed E-state index contributed by atoms with van der Waals surface area (Å²) in [6, 6.07) is 7.04. The van der Waals surface area contributed by atoms with E-state index in [9.17, 15) is 9.50 Å². The lowest BCUT2D eigenvalue weighted by Gasteiger charge is -2.51. The molecule has 0 amide bonds. The number of unbranched alkanes of at least 4 members (excludes halogenated alkanes) is 1. The van der Waals surface area contributed by atoms with Crippen molar-refractivity contribution in [3.8, 4) is 0 Å². The van der Waals surface area contributed by atoms with E-state index in [1.54, 1.807) is 0 Å². The molecular formula is C22H34FNO. The number of aryl methyl sites for hydroxylation is 1. The van der Waals surface area contributed by atoms with Crippen molar-refractivity contribution in [2.24, 2.45) is 11.8 Å². The first-order valence-electron chi connectivity index (χ1n) is 10.1. The maximum Gasteiger partial charge on any atom is 0.118 e. The lowest BCUT2D eigenvalue weighted by molar-refractivity contribution is -0.114. The highest BCUT2D eigenvalue weighted by molar-refractivity contribution is 5.37. The maximum absolute atomic E-state index is 13.9. The van der Waals surface area contributed by atoms with Crippen LogP contribution in [0.25, 0.3) is 0 Å². The molecule has 25 heavy (non-hydrogen) atoms. The largest absolute Gasteiger partial charge is 0.387 e. The molecule has 1 saturated heterocycles. The van der Waals surface area contributed by atoms with E-state index < -0.39 is 12.3 Å². The van der Waals surface area contributed by atoms with Gasteiger partial charge in [-0.05, 0) is 54.7 Å². The molecule has 2 nitrogen and oxygen atoms in total. The van der Waals surface area contributed by atoms with Crippen LogP contribution in [0.2, 0.25) is 0 Å². The van der Waals surface area contributed by atoms with Crippen molar-refractivity contribution in [1.82, 2.24) is 4.90 Å². The van der Waals surface area contributed by atoms with Crippen LogP contribution in [0.4, 0.5) is 4.39 Å². The SMILES string of the molecule is CCCCc1ccc2c(c1)[C@@H]1C[C@@](O)(CF)[C@@H](CC(C)C)CN1CC2. The first-order chi connectivity index (χ1) is 12.0. The minimum atomic E-state index is -1.17. The zero-order chi connectivity index (χ0) is 18.0. The minimum Gasteiger partial charge on any atom is -0.387 e. The topological polar surface area (TPSA) is 23.5 Å². The lowest BCUT2D eigenvalue weighted by Crippen LogP contribution is -2.56. The van der Waals surface area contributed by atoms with Gasteiger partial charge in [0.25, 0.3) is 0 Å². The van der Waals surface area contributed by atoms with E-state index in [1.165, 1.54) is 29.5 Å². The third-order valence-electron chi connectivity index (χ3n) is 6.25. The number of aliphatic hydroxyl groups is 1. The number of hydrogen-bond acceptors (Lipinski definition) is 2. The summed E-state index contributed by atoms with van der Waals surface area (Å²) in [7, 11) is 0. The molecule has 140 valence electrons. The smallest absolute Gasteiger partial charge is 0.118 e. The van der Waals surface area contributed by atoms with E-state index in [2.05, 4.69) is 43.9 Å². The first-order valence-corrected chi connectivity index (χ1v) is 10.1. The number of rotatable bonds is 6. The Balaban J connectivity index is 1.86. The van der Waals surface area contributed by atoms with Crippen molar-refractivity contribution in [3.05, 3.63) is 34.9 Å². The van der Waals surface area contributed by atoms with Crippen LogP contribution in [0.5, 0.6) is 0 Å². The first kappa shape index (κ1) is 18.8. The predicted molar refractivity (Wildman–Crippen MR) is 102 cm³/mol. The Bertz CT molecular complexity index is 587. The Labute approximate surface area is 152 Å². The molecule has 3 rings (SSSR count). The van der Waals surface area contributed by atoms with Gasteiger partial charge in [0, 0.05) is 25.0 Å². The molecule has 0 spiro atoms. The van der Waals surface area contributed by atoms with Crippen molar-refractivity contribution in [1.29, 1.82) is 0 Å². The van der Waals surface area contributed by atoms with Crippen LogP contribution in [0.1, 0.15) is 69.2 Å². The van der Waals surface area contributed by atoms with E-state index in [0.29, 0.717) is 12.3 Å². The number of halogens is 1. The van der Waals surface area contributed by atoms with Gasteiger partial charge in [-0.1, -0.05) is 45.4 Å². The molecular weight excluding hydrogens is 313 g/mol. The summed E-state index contributed by atoms with van der Waals surface area (Å²) in [6.07, 6.45) is 6.02. The molecule has 0 bridgehead atoms. The van der Waals surface area contributed by atoms with Gasteiger partial charge in [-0.25, -0.2) is 4.39 Å². The average molecular weight is 348 g/mol. The average Bonchev–Trinajstić information content (AvgIpc) is 2.60. The molecule has 1 N–H and O–H groups in total. The van der Waals surface area contributed by atoms with Crippen LogP contribution >= 0.6 is 0 Å². The molecule has 1 aromatic rings. The number of nitrogens with zero attached hydrogens (tertiary/aromatic N) is 1. The number of alkyl halides is 1. The van der Waals surface area contributed by atoms with Gasteiger partial charge >= 0.3 is 0 Å². The van der Waals surface area contributed by atoms with Gasteiger partial charge in [-0.3, -0.25) is 4.90 Å². The van der Waals surface area contributed by atoms with Gasteiger partial charge in [-0.15, -0.1) is 0 Å². The van der Waals surface area contributed by atoms with E-state index in [0.717, 1.165) is 32.4 Å². The molecule has 2 aliphatic rings. The maximum atomic E-state index is 13.9. The van der Waals surface area contributed by atoms with E-state index in [-0.39, 0.29) is 12.0 Å². The molecule has 0 aromatic heterocycles. The molecule has 1 fully saturated rings. The molecule has 1 aromatic carbocycles. The highest BCUT2D eigenvalue weighted by Gasteiger charge is 2.47. The van der Waals surface area contributed by atoms with Crippen LogP contribution in [0.15, 0.2) is 18.2 Å². The number of fused-ring (bicyclic) bond motifs is 3. The van der Waals surface area contributed by atoms with Crippen molar-refractivity contribution in [3.63, 3.8) is 0 Å². The molecule has 3 heteroatoms. The fourth-order valence-corrected chi connectivity index (χ4v) is 4.77. The second-order valence-electron chi connectivity index (χ2n) is 8.67. The van der Waals surface area contributed by atoms with E-state index >= 15 is 0 Å². The third kappa shape index (κ3) is 3.93. The molecule has 2 heterocycles. The van der Waals surface area contributed by atoms with Crippen LogP contribution in [-0.2, 0) is 12.8 Å². The summed E-state index contributed by atoms with van der Waals surface area (Å²) in [6.45, 7) is 7.77. The van der Waals surface area contributed by atoms with Crippen molar-refractivity contribution in [2.75, 3.05) is 19.8 Å². The minimum absolute atomic E-state index is 0.0403. The lowest BCUT2D eigenvalue weighted by atomic mass is 9.71. The molecule has 2 aliphatic heterocycles. The normalized spacial score (nSPS) is 29.5. The summed E-state index contributed by atoms with van der Waals surface area (Å²) >= 11 is 0. The highest BCUT2D eigenvalue weighted by atomic mass is 19.1. The van der Waals surface area contributed by atoms with Crippen LogP contribution in [0.3, 0.4) is 0 Å². The Morgan fingerprint density at radius 2 is 2.16 bits per heavy atom. The summed E-state index contributed by atoms with van der Waals surface area (Å²) in [4.78, 5) is 2.50. The standard InChI is InChI=1S/C22H34FNO/c1-4-5-6-17-7-8-18-9-10-24-14-19(11-16(2)3)22(25,15-23)13-21(24)20(18)12-17/h7-8,12,16,19,21,25H,4-6,9-11,13-15H2,1-3H3/t19-,21-,22+/m0/s1. The Morgan fingerprint density at radius 1 is 1.36 bits per heavy atom. The van der Waals surface area contributed by atoms with Gasteiger partial charge in [0.2, 0.25) is 0 Å².